The summed E-state index contributed by atoms with van der Waals surface area (Å²) in [4.78, 5) is 25.3. The molecule has 0 bridgehead atoms. The van der Waals surface area contributed by atoms with E-state index in [1.165, 1.54) is 0 Å². The van der Waals surface area contributed by atoms with Crippen molar-refractivity contribution in [3.05, 3.63) is 28.8 Å². The number of hydrogen-bond acceptors (Lipinski definition) is 3. The zero-order valence-electron chi connectivity index (χ0n) is 10.3. The smallest absolute Gasteiger partial charge is 0.299 e. The largest absolute Gasteiger partial charge is 0.318 e. The summed E-state index contributed by atoms with van der Waals surface area (Å²) in [6, 6.07) is 3.79. The van der Waals surface area contributed by atoms with Gasteiger partial charge in [-0.2, -0.15) is 0 Å². The maximum atomic E-state index is 11.9. The van der Waals surface area contributed by atoms with Crippen molar-refractivity contribution in [1.82, 2.24) is 5.32 Å². The Bertz CT molecular complexity index is 494. The molecule has 0 fully saturated rings. The average molecular weight is 232 g/mol. The molecule has 0 aliphatic carbocycles. The van der Waals surface area contributed by atoms with E-state index in [4.69, 9.17) is 0 Å². The summed E-state index contributed by atoms with van der Waals surface area (Å²) in [5.41, 5.74) is 3.32. The Hall–Kier alpha value is -1.68. The molecule has 1 aliphatic heterocycles. The molecule has 1 aromatic rings. The number of fused-ring (bicyclic) bond motifs is 1. The van der Waals surface area contributed by atoms with Crippen LogP contribution in [0.5, 0.6) is 0 Å². The first-order valence-electron chi connectivity index (χ1n) is 5.68. The van der Waals surface area contributed by atoms with Gasteiger partial charge in [0, 0.05) is 13.1 Å². The Balaban J connectivity index is 2.48. The molecule has 1 aromatic carbocycles. The summed E-state index contributed by atoms with van der Waals surface area (Å²) in [5.74, 6) is -0.799. The van der Waals surface area contributed by atoms with Crippen LogP contribution in [0, 0.1) is 13.8 Å². The fraction of sp³-hybridized carbons (Fsp3) is 0.385. The summed E-state index contributed by atoms with van der Waals surface area (Å²) >= 11 is 0. The molecular formula is C13H16N2O2. The van der Waals surface area contributed by atoms with Gasteiger partial charge >= 0.3 is 0 Å². The lowest BCUT2D eigenvalue weighted by Gasteiger charge is -2.18. The van der Waals surface area contributed by atoms with Crippen molar-refractivity contribution < 1.29 is 9.59 Å². The van der Waals surface area contributed by atoms with Gasteiger partial charge in [0.15, 0.2) is 0 Å². The number of nitrogens with one attached hydrogen (secondary N) is 1. The van der Waals surface area contributed by atoms with E-state index in [1.54, 1.807) is 11.0 Å². The van der Waals surface area contributed by atoms with E-state index in [-0.39, 0.29) is 5.78 Å². The molecular weight excluding hydrogens is 216 g/mol. The molecule has 17 heavy (non-hydrogen) atoms. The summed E-state index contributed by atoms with van der Waals surface area (Å²) in [5, 5.41) is 2.99. The fourth-order valence-electron chi connectivity index (χ4n) is 2.27. The second-order valence-electron chi connectivity index (χ2n) is 4.37. The van der Waals surface area contributed by atoms with Crippen molar-refractivity contribution in [2.45, 2.75) is 13.8 Å². The monoisotopic (exact) mass is 232 g/mol. The number of benzene rings is 1. The van der Waals surface area contributed by atoms with Crippen molar-refractivity contribution in [1.29, 1.82) is 0 Å². The van der Waals surface area contributed by atoms with Gasteiger partial charge in [-0.1, -0.05) is 6.07 Å². The van der Waals surface area contributed by atoms with Crippen LogP contribution in [0.25, 0.3) is 0 Å². The number of rotatable bonds is 3. The molecule has 4 heteroatoms. The number of carbonyl (C=O) groups excluding carboxylic acids is 2. The molecule has 1 N–H and O–H groups in total. The molecule has 0 aromatic heterocycles. The topological polar surface area (TPSA) is 49.4 Å². The third kappa shape index (κ3) is 1.85. The molecule has 0 unspecified atom stereocenters. The van der Waals surface area contributed by atoms with Crippen molar-refractivity contribution in [2.24, 2.45) is 0 Å². The number of hydrogen-bond donors (Lipinski definition) is 1. The summed E-state index contributed by atoms with van der Waals surface area (Å²) < 4.78 is 0. The van der Waals surface area contributed by atoms with Crippen LogP contribution in [0.4, 0.5) is 5.69 Å². The highest BCUT2D eigenvalue weighted by atomic mass is 16.2. The molecule has 2 rings (SSSR count). The number of anilines is 1. The molecule has 0 atom stereocenters. The van der Waals surface area contributed by atoms with Crippen LogP contribution in [-0.4, -0.2) is 31.8 Å². The highest BCUT2D eigenvalue weighted by Gasteiger charge is 2.36. The zero-order valence-corrected chi connectivity index (χ0v) is 10.3. The average Bonchev–Trinajstić information content (AvgIpc) is 2.51. The Morgan fingerprint density at radius 3 is 2.59 bits per heavy atom. The van der Waals surface area contributed by atoms with E-state index >= 15 is 0 Å². The SMILES string of the molecule is CNCCN1C(=O)C(=O)c2cc(C)cc(C)c21. The van der Waals surface area contributed by atoms with Crippen LogP contribution in [0.3, 0.4) is 0 Å². The molecule has 90 valence electrons. The van der Waals surface area contributed by atoms with Gasteiger partial charge in [-0.05, 0) is 38.1 Å². The minimum atomic E-state index is -0.413. The quantitative estimate of drug-likeness (QED) is 0.792. The third-order valence-corrected chi connectivity index (χ3v) is 2.98. The van der Waals surface area contributed by atoms with Crippen LogP contribution >= 0.6 is 0 Å². The first-order valence-corrected chi connectivity index (χ1v) is 5.68. The standard InChI is InChI=1S/C13H16N2O2/c1-8-6-9(2)11-10(7-8)12(16)13(17)15(11)5-4-14-3/h6-7,14H,4-5H2,1-3H3. The van der Waals surface area contributed by atoms with E-state index in [0.29, 0.717) is 18.7 Å². The first kappa shape index (κ1) is 11.8. The number of ketones is 1. The van der Waals surface area contributed by atoms with E-state index < -0.39 is 5.91 Å². The molecule has 0 saturated heterocycles. The number of carbonyl (C=O) groups is 2. The lowest BCUT2D eigenvalue weighted by Crippen LogP contribution is -2.35. The van der Waals surface area contributed by atoms with Gasteiger partial charge in [0.2, 0.25) is 0 Å². The van der Waals surface area contributed by atoms with Gasteiger partial charge in [0.1, 0.15) is 0 Å². The molecule has 1 aliphatic rings. The highest BCUT2D eigenvalue weighted by molar-refractivity contribution is 6.52. The van der Waals surface area contributed by atoms with Gasteiger partial charge < -0.3 is 10.2 Å². The summed E-state index contributed by atoms with van der Waals surface area (Å²) in [6.45, 7) is 5.06. The van der Waals surface area contributed by atoms with Crippen LogP contribution in [0.2, 0.25) is 0 Å². The summed E-state index contributed by atoms with van der Waals surface area (Å²) in [7, 11) is 1.82. The van der Waals surface area contributed by atoms with E-state index in [0.717, 1.165) is 16.8 Å². The van der Waals surface area contributed by atoms with Crippen molar-refractivity contribution in [3.8, 4) is 0 Å². The fourth-order valence-corrected chi connectivity index (χ4v) is 2.27. The zero-order chi connectivity index (χ0) is 12.6. The van der Waals surface area contributed by atoms with Gasteiger partial charge in [-0.25, -0.2) is 0 Å². The van der Waals surface area contributed by atoms with Crippen molar-refractivity contribution in [2.75, 3.05) is 25.0 Å². The van der Waals surface area contributed by atoms with Crippen LogP contribution in [0.15, 0.2) is 12.1 Å². The van der Waals surface area contributed by atoms with Crippen molar-refractivity contribution in [3.63, 3.8) is 0 Å². The Morgan fingerprint density at radius 1 is 1.24 bits per heavy atom. The highest BCUT2D eigenvalue weighted by Crippen LogP contribution is 2.32. The van der Waals surface area contributed by atoms with Crippen LogP contribution < -0.4 is 10.2 Å². The van der Waals surface area contributed by atoms with E-state index in [1.807, 2.05) is 27.0 Å². The normalized spacial score (nSPS) is 14.4. The minimum absolute atomic E-state index is 0.386. The molecule has 0 spiro atoms. The van der Waals surface area contributed by atoms with Crippen molar-refractivity contribution >= 4 is 17.4 Å². The number of aryl methyl sites for hydroxylation is 2. The van der Waals surface area contributed by atoms with E-state index in [9.17, 15) is 9.59 Å². The lowest BCUT2D eigenvalue weighted by atomic mass is 10.0. The van der Waals surface area contributed by atoms with Gasteiger partial charge in [-0.3, -0.25) is 9.59 Å². The lowest BCUT2D eigenvalue weighted by molar-refractivity contribution is -0.114. The first-order chi connectivity index (χ1) is 8.06. The Kier molecular flexibility index (Phi) is 2.98. The predicted molar refractivity (Wildman–Crippen MR) is 66.5 cm³/mol. The minimum Gasteiger partial charge on any atom is -0.318 e. The van der Waals surface area contributed by atoms with Gasteiger partial charge in [0.05, 0.1) is 11.3 Å². The number of nitrogens with zero attached hydrogens (tertiary/aromatic N) is 1. The predicted octanol–water partition coefficient (Wildman–Crippen LogP) is 1.05. The van der Waals surface area contributed by atoms with E-state index in [2.05, 4.69) is 5.32 Å². The van der Waals surface area contributed by atoms with Gasteiger partial charge in [-0.15, -0.1) is 0 Å². The van der Waals surface area contributed by atoms with Crippen LogP contribution in [0.1, 0.15) is 21.5 Å². The molecule has 0 radical (unpaired) electrons. The molecule has 1 amide bonds. The second kappa shape index (κ2) is 4.30. The Labute approximate surface area is 101 Å². The maximum absolute atomic E-state index is 11.9. The van der Waals surface area contributed by atoms with Gasteiger partial charge in [0.25, 0.3) is 11.7 Å². The maximum Gasteiger partial charge on any atom is 0.299 e. The molecule has 1 heterocycles. The summed E-state index contributed by atoms with van der Waals surface area (Å²) in [6.07, 6.45) is 0. The number of likely N-dealkylation sites (N-methyl/N-ethyl adjacent to an activating group) is 1. The Morgan fingerprint density at radius 2 is 1.94 bits per heavy atom. The second-order valence-corrected chi connectivity index (χ2v) is 4.37. The number of Topliss-reactive ketones (excluding diaryl/α,β-unsaturated/α-hetero) is 1. The molecule has 0 saturated carbocycles. The molecule has 4 nitrogen and oxygen atoms in total. The third-order valence-electron chi connectivity index (χ3n) is 2.98. The van der Waals surface area contributed by atoms with Crippen LogP contribution in [-0.2, 0) is 4.79 Å². The number of amides is 1.